The van der Waals surface area contributed by atoms with Crippen LogP contribution in [0.3, 0.4) is 0 Å². The minimum absolute atomic E-state index is 0.0145. The number of carbonyl (C=O) groups is 1. The molecule has 0 bridgehead atoms. The third-order valence-electron chi connectivity index (χ3n) is 5.09. The van der Waals surface area contributed by atoms with Crippen molar-refractivity contribution < 1.29 is 19.0 Å². The SMILES string of the molecule is COc1cc(C2C3=C(CC(C)(C)CC3=O)OC(=N)C2C#N)ccc1OC(C)C. The number of Topliss-reactive ketones (excluding diaryl/α,β-unsaturated/α-hetero) is 1. The summed E-state index contributed by atoms with van der Waals surface area (Å²) in [4.78, 5) is 13.0. The molecule has 1 aromatic rings. The minimum Gasteiger partial charge on any atom is -0.493 e. The smallest absolute Gasteiger partial charge is 0.205 e. The summed E-state index contributed by atoms with van der Waals surface area (Å²) < 4.78 is 16.9. The number of nitrogens with one attached hydrogen (secondary N) is 1. The Bertz CT molecular complexity index is 892. The van der Waals surface area contributed by atoms with Crippen LogP contribution in [-0.4, -0.2) is 24.9 Å². The van der Waals surface area contributed by atoms with E-state index in [1.165, 1.54) is 0 Å². The van der Waals surface area contributed by atoms with Gasteiger partial charge in [0.1, 0.15) is 11.7 Å². The Hall–Kier alpha value is -2.81. The van der Waals surface area contributed by atoms with Crippen LogP contribution in [0.15, 0.2) is 29.5 Å². The third-order valence-corrected chi connectivity index (χ3v) is 5.09. The highest BCUT2D eigenvalue weighted by Gasteiger charge is 2.46. The summed E-state index contributed by atoms with van der Waals surface area (Å²) in [5.74, 6) is 0.110. The summed E-state index contributed by atoms with van der Waals surface area (Å²) in [6.45, 7) is 7.87. The number of allylic oxidation sites excluding steroid dienone is 2. The van der Waals surface area contributed by atoms with Crippen molar-refractivity contribution in [3.63, 3.8) is 0 Å². The predicted molar refractivity (Wildman–Crippen MR) is 104 cm³/mol. The van der Waals surface area contributed by atoms with Gasteiger partial charge in [0.05, 0.1) is 19.3 Å². The Kier molecular flexibility index (Phi) is 5.20. The molecule has 0 saturated carbocycles. The third kappa shape index (κ3) is 3.62. The lowest BCUT2D eigenvalue weighted by Crippen LogP contribution is -2.38. The molecule has 0 spiro atoms. The maximum atomic E-state index is 13.0. The lowest BCUT2D eigenvalue weighted by atomic mass is 9.68. The van der Waals surface area contributed by atoms with Gasteiger partial charge in [-0.3, -0.25) is 10.2 Å². The van der Waals surface area contributed by atoms with Crippen LogP contribution in [0.25, 0.3) is 0 Å². The minimum atomic E-state index is -0.856. The molecule has 0 amide bonds. The number of hydrogen-bond acceptors (Lipinski definition) is 6. The van der Waals surface area contributed by atoms with Crippen molar-refractivity contribution in [1.82, 2.24) is 0 Å². The number of nitrogens with zero attached hydrogens (tertiary/aromatic N) is 1. The van der Waals surface area contributed by atoms with Crippen molar-refractivity contribution in [3.05, 3.63) is 35.1 Å². The van der Waals surface area contributed by atoms with Gasteiger partial charge in [0.15, 0.2) is 17.3 Å². The van der Waals surface area contributed by atoms with E-state index in [0.717, 1.165) is 5.56 Å². The lowest BCUT2D eigenvalue weighted by Gasteiger charge is -2.39. The van der Waals surface area contributed by atoms with E-state index in [4.69, 9.17) is 19.6 Å². The molecular weight excluding hydrogens is 356 g/mol. The van der Waals surface area contributed by atoms with Crippen LogP contribution in [0.1, 0.15) is 52.0 Å². The van der Waals surface area contributed by atoms with Gasteiger partial charge in [-0.1, -0.05) is 19.9 Å². The Morgan fingerprint density at radius 3 is 2.61 bits per heavy atom. The Labute approximate surface area is 165 Å². The van der Waals surface area contributed by atoms with Crippen molar-refractivity contribution in [1.29, 1.82) is 10.7 Å². The zero-order valence-electron chi connectivity index (χ0n) is 17.0. The highest BCUT2D eigenvalue weighted by Crippen LogP contribution is 2.48. The van der Waals surface area contributed by atoms with Gasteiger partial charge in [-0.2, -0.15) is 5.26 Å². The predicted octanol–water partition coefficient (Wildman–Crippen LogP) is 4.36. The average molecular weight is 382 g/mol. The zero-order valence-corrected chi connectivity index (χ0v) is 17.0. The number of rotatable bonds is 4. The topological polar surface area (TPSA) is 92.4 Å². The van der Waals surface area contributed by atoms with E-state index < -0.39 is 11.8 Å². The number of methoxy groups -OCH3 is 1. The van der Waals surface area contributed by atoms with E-state index in [1.54, 1.807) is 19.2 Å². The van der Waals surface area contributed by atoms with Crippen LogP contribution in [0.5, 0.6) is 11.5 Å². The molecule has 0 radical (unpaired) electrons. The molecule has 0 aromatic heterocycles. The molecular formula is C22H26N2O4. The number of carbonyl (C=O) groups excluding carboxylic acids is 1. The molecule has 2 atom stereocenters. The normalized spacial score (nSPS) is 23.8. The molecule has 0 saturated heterocycles. The molecule has 1 heterocycles. The van der Waals surface area contributed by atoms with Crippen LogP contribution < -0.4 is 9.47 Å². The van der Waals surface area contributed by atoms with E-state index in [0.29, 0.717) is 35.7 Å². The second-order valence-corrected chi connectivity index (χ2v) is 8.41. The largest absolute Gasteiger partial charge is 0.493 e. The second-order valence-electron chi connectivity index (χ2n) is 8.41. The van der Waals surface area contributed by atoms with Gasteiger partial charge in [0.25, 0.3) is 0 Å². The van der Waals surface area contributed by atoms with Crippen LogP contribution in [-0.2, 0) is 9.53 Å². The van der Waals surface area contributed by atoms with Gasteiger partial charge in [-0.15, -0.1) is 0 Å². The van der Waals surface area contributed by atoms with Crippen molar-refractivity contribution in [3.8, 4) is 17.6 Å². The number of nitriles is 1. The molecule has 3 rings (SSSR count). The standard InChI is InChI=1S/C22H26N2O4/c1-12(2)27-16-7-6-13(8-17(16)26-5)19-14(11-23)21(24)28-18-10-22(3,4)9-15(25)20(18)19/h6-8,12,14,19,24H,9-10H2,1-5H3. The molecule has 2 unspecified atom stereocenters. The molecule has 0 fully saturated rings. The fraction of sp³-hybridized carbons (Fsp3) is 0.500. The average Bonchev–Trinajstić information content (AvgIpc) is 2.59. The quantitative estimate of drug-likeness (QED) is 0.835. The maximum absolute atomic E-state index is 13.0. The van der Waals surface area contributed by atoms with E-state index in [1.807, 2.05) is 33.8 Å². The van der Waals surface area contributed by atoms with Crippen LogP contribution in [0, 0.1) is 28.1 Å². The van der Waals surface area contributed by atoms with E-state index in [9.17, 15) is 10.1 Å². The molecule has 6 heteroatoms. The highest BCUT2D eigenvalue weighted by molar-refractivity contribution is 6.01. The van der Waals surface area contributed by atoms with Crippen molar-refractivity contribution in [2.75, 3.05) is 7.11 Å². The first-order chi connectivity index (χ1) is 13.2. The number of hydrogen-bond donors (Lipinski definition) is 1. The van der Waals surface area contributed by atoms with Crippen molar-refractivity contribution in [2.45, 2.75) is 52.6 Å². The van der Waals surface area contributed by atoms with Crippen molar-refractivity contribution >= 4 is 11.7 Å². The highest BCUT2D eigenvalue weighted by atomic mass is 16.5. The summed E-state index contributed by atoms with van der Waals surface area (Å²) in [6.07, 6.45) is 0.943. The molecule has 1 aliphatic heterocycles. The fourth-order valence-corrected chi connectivity index (χ4v) is 3.95. The summed E-state index contributed by atoms with van der Waals surface area (Å²) >= 11 is 0. The molecule has 1 aromatic carbocycles. The van der Waals surface area contributed by atoms with E-state index >= 15 is 0 Å². The van der Waals surface area contributed by atoms with Crippen LogP contribution in [0.4, 0.5) is 0 Å². The Morgan fingerprint density at radius 1 is 1.29 bits per heavy atom. The van der Waals surface area contributed by atoms with Crippen LogP contribution in [0.2, 0.25) is 0 Å². The summed E-state index contributed by atoms with van der Waals surface area (Å²) in [5, 5.41) is 17.9. The van der Waals surface area contributed by atoms with E-state index in [2.05, 4.69) is 6.07 Å². The fourth-order valence-electron chi connectivity index (χ4n) is 3.95. The molecule has 28 heavy (non-hydrogen) atoms. The van der Waals surface area contributed by atoms with Gasteiger partial charge < -0.3 is 14.2 Å². The monoisotopic (exact) mass is 382 g/mol. The molecule has 2 aliphatic rings. The van der Waals surface area contributed by atoms with Gasteiger partial charge in [0.2, 0.25) is 5.90 Å². The molecule has 148 valence electrons. The molecule has 1 N–H and O–H groups in total. The number of ketones is 1. The summed E-state index contributed by atoms with van der Waals surface area (Å²) in [5.41, 5.74) is 1.03. The van der Waals surface area contributed by atoms with Gasteiger partial charge in [-0.25, -0.2) is 0 Å². The van der Waals surface area contributed by atoms with Gasteiger partial charge in [0, 0.05) is 24.3 Å². The van der Waals surface area contributed by atoms with Crippen molar-refractivity contribution in [2.24, 2.45) is 11.3 Å². The molecule has 1 aliphatic carbocycles. The first-order valence-electron chi connectivity index (χ1n) is 9.43. The van der Waals surface area contributed by atoms with Gasteiger partial charge >= 0.3 is 0 Å². The second kappa shape index (κ2) is 7.31. The summed E-state index contributed by atoms with van der Waals surface area (Å²) in [7, 11) is 1.55. The van der Waals surface area contributed by atoms with E-state index in [-0.39, 0.29) is 23.2 Å². The first kappa shape index (κ1) is 19.9. The Morgan fingerprint density at radius 2 is 2.00 bits per heavy atom. The Balaban J connectivity index is 2.13. The first-order valence-corrected chi connectivity index (χ1v) is 9.43. The number of benzene rings is 1. The van der Waals surface area contributed by atoms with Gasteiger partial charge in [-0.05, 0) is 37.0 Å². The lowest BCUT2D eigenvalue weighted by molar-refractivity contribution is -0.119. The molecule has 6 nitrogen and oxygen atoms in total. The zero-order chi connectivity index (χ0) is 20.6. The summed E-state index contributed by atoms with van der Waals surface area (Å²) in [6, 6.07) is 7.58. The van der Waals surface area contributed by atoms with Crippen LogP contribution >= 0.6 is 0 Å². The number of ether oxygens (including phenoxy) is 3. The maximum Gasteiger partial charge on any atom is 0.205 e.